The summed E-state index contributed by atoms with van der Waals surface area (Å²) >= 11 is 0. The van der Waals surface area contributed by atoms with Crippen molar-refractivity contribution in [2.24, 2.45) is 11.3 Å². The van der Waals surface area contributed by atoms with Crippen molar-refractivity contribution in [1.29, 1.82) is 0 Å². The number of piperidine rings is 1. The molecule has 1 aliphatic heterocycles. The van der Waals surface area contributed by atoms with E-state index in [1.165, 1.54) is 12.7 Å². The van der Waals surface area contributed by atoms with Gasteiger partial charge in [0, 0.05) is 26.6 Å². The Bertz CT molecular complexity index is 607. The number of hydrogen-bond acceptors (Lipinski definition) is 3. The van der Waals surface area contributed by atoms with Crippen LogP contribution in [0.3, 0.4) is 0 Å². The largest absolute Gasteiger partial charge is 0.481 e. The Labute approximate surface area is 149 Å². The summed E-state index contributed by atoms with van der Waals surface area (Å²) in [6.45, 7) is 1.09. The minimum absolute atomic E-state index is 0.0953. The van der Waals surface area contributed by atoms with Gasteiger partial charge in [0.05, 0.1) is 6.61 Å². The maximum Gasteiger partial charge on any atom is 0.313 e. The minimum Gasteiger partial charge on any atom is -0.481 e. The van der Waals surface area contributed by atoms with E-state index in [1.54, 1.807) is 4.90 Å². The highest BCUT2D eigenvalue weighted by Crippen LogP contribution is 2.43. The monoisotopic (exact) mass is 345 g/mol. The molecule has 1 atom stereocenters. The first-order valence-corrected chi connectivity index (χ1v) is 9.09. The summed E-state index contributed by atoms with van der Waals surface area (Å²) in [5.74, 6) is 0.214. The van der Waals surface area contributed by atoms with E-state index in [-0.39, 0.29) is 19.1 Å². The van der Waals surface area contributed by atoms with Gasteiger partial charge in [-0.2, -0.15) is 0 Å². The van der Waals surface area contributed by atoms with Gasteiger partial charge in [-0.1, -0.05) is 30.3 Å². The molecule has 0 spiro atoms. The zero-order valence-electron chi connectivity index (χ0n) is 14.8. The molecular formula is C20H27NO4. The fourth-order valence-corrected chi connectivity index (χ4v) is 4.25. The number of likely N-dealkylation sites (tertiary alicyclic amines) is 1. The zero-order chi connectivity index (χ0) is 17.9. The SMILES string of the molecule is COC[C@]1(C(=O)O)CCCN(C(=O)CC2CC(c3ccccc3)C2)C1. The van der Waals surface area contributed by atoms with E-state index in [9.17, 15) is 14.7 Å². The van der Waals surface area contributed by atoms with Crippen molar-refractivity contribution < 1.29 is 19.4 Å². The fraction of sp³-hybridized carbons (Fsp3) is 0.600. The second-order valence-corrected chi connectivity index (χ2v) is 7.59. The molecule has 1 aromatic carbocycles. The van der Waals surface area contributed by atoms with Crippen LogP contribution in [0.1, 0.15) is 43.6 Å². The van der Waals surface area contributed by atoms with Crippen LogP contribution in [-0.2, 0) is 14.3 Å². The number of amides is 1. The quantitative estimate of drug-likeness (QED) is 0.861. The average molecular weight is 345 g/mol. The summed E-state index contributed by atoms with van der Waals surface area (Å²) in [7, 11) is 1.52. The lowest BCUT2D eigenvalue weighted by Gasteiger charge is -2.41. The number of carboxylic acids is 1. The van der Waals surface area contributed by atoms with Gasteiger partial charge in [0.1, 0.15) is 5.41 Å². The first kappa shape index (κ1) is 17.9. The first-order valence-electron chi connectivity index (χ1n) is 9.09. The Kier molecular flexibility index (Phi) is 5.42. The van der Waals surface area contributed by atoms with Gasteiger partial charge in [0.25, 0.3) is 0 Å². The number of carbonyl (C=O) groups is 2. The summed E-state index contributed by atoms with van der Waals surface area (Å²) in [6, 6.07) is 10.4. The van der Waals surface area contributed by atoms with E-state index in [4.69, 9.17) is 4.74 Å². The van der Waals surface area contributed by atoms with Crippen molar-refractivity contribution >= 4 is 11.9 Å². The molecule has 0 unspecified atom stereocenters. The number of nitrogens with zero attached hydrogens (tertiary/aromatic N) is 1. The number of benzene rings is 1. The molecule has 5 heteroatoms. The highest BCUT2D eigenvalue weighted by Gasteiger charge is 2.44. The number of methoxy groups -OCH3 is 1. The number of carbonyl (C=O) groups excluding carboxylic acids is 1. The van der Waals surface area contributed by atoms with Crippen molar-refractivity contribution in [1.82, 2.24) is 4.90 Å². The van der Waals surface area contributed by atoms with Crippen LogP contribution >= 0.6 is 0 Å². The Hall–Kier alpha value is -1.88. The van der Waals surface area contributed by atoms with Gasteiger partial charge in [-0.05, 0) is 43.1 Å². The van der Waals surface area contributed by atoms with E-state index in [0.29, 0.717) is 31.2 Å². The molecular weight excluding hydrogens is 318 g/mol. The molecule has 1 aliphatic carbocycles. The minimum atomic E-state index is -0.950. The second kappa shape index (κ2) is 7.56. The molecule has 2 aliphatic rings. The molecule has 3 rings (SSSR count). The van der Waals surface area contributed by atoms with Crippen LogP contribution < -0.4 is 0 Å². The van der Waals surface area contributed by atoms with Gasteiger partial charge in [-0.15, -0.1) is 0 Å². The normalized spacial score (nSPS) is 29.1. The number of rotatable bonds is 6. The summed E-state index contributed by atoms with van der Waals surface area (Å²) in [5.41, 5.74) is 0.406. The van der Waals surface area contributed by atoms with Crippen LogP contribution in [0.25, 0.3) is 0 Å². The predicted molar refractivity (Wildman–Crippen MR) is 94.3 cm³/mol. The number of hydrogen-bond donors (Lipinski definition) is 1. The van der Waals surface area contributed by atoms with Crippen molar-refractivity contribution in [3.8, 4) is 0 Å². The van der Waals surface area contributed by atoms with E-state index in [0.717, 1.165) is 19.3 Å². The van der Waals surface area contributed by atoms with E-state index in [2.05, 4.69) is 24.3 Å². The van der Waals surface area contributed by atoms with Crippen LogP contribution in [-0.4, -0.2) is 48.7 Å². The number of aliphatic carboxylic acids is 1. The zero-order valence-corrected chi connectivity index (χ0v) is 14.8. The highest BCUT2D eigenvalue weighted by molar-refractivity contribution is 5.80. The standard InChI is InChI=1S/C20H27NO4/c1-25-14-20(19(23)24)8-5-9-21(13-20)18(22)12-15-10-17(11-15)16-6-3-2-4-7-16/h2-4,6-7,15,17H,5,8-14H2,1H3,(H,23,24)/t15?,17?,20-/m0/s1. The lowest BCUT2D eigenvalue weighted by Crippen LogP contribution is -2.52. The summed E-state index contributed by atoms with van der Waals surface area (Å²) in [4.78, 5) is 26.1. The topological polar surface area (TPSA) is 66.8 Å². The lowest BCUT2D eigenvalue weighted by atomic mass is 9.70. The molecule has 25 heavy (non-hydrogen) atoms. The van der Waals surface area contributed by atoms with Crippen molar-refractivity contribution in [2.45, 2.75) is 38.0 Å². The third-order valence-electron chi connectivity index (χ3n) is 5.77. The molecule has 2 fully saturated rings. The van der Waals surface area contributed by atoms with Crippen LogP contribution in [0.2, 0.25) is 0 Å². The number of ether oxygens (including phenoxy) is 1. The summed E-state index contributed by atoms with van der Waals surface area (Å²) < 4.78 is 5.13. The van der Waals surface area contributed by atoms with Crippen LogP contribution in [0, 0.1) is 11.3 Å². The smallest absolute Gasteiger partial charge is 0.313 e. The molecule has 1 aromatic rings. The predicted octanol–water partition coefficient (Wildman–Crippen LogP) is 2.91. The molecule has 0 radical (unpaired) electrons. The van der Waals surface area contributed by atoms with Gasteiger partial charge in [-0.25, -0.2) is 0 Å². The van der Waals surface area contributed by atoms with Crippen LogP contribution in [0.4, 0.5) is 0 Å². The van der Waals surface area contributed by atoms with E-state index >= 15 is 0 Å². The lowest BCUT2D eigenvalue weighted by molar-refractivity contribution is -0.159. The van der Waals surface area contributed by atoms with Crippen molar-refractivity contribution in [3.05, 3.63) is 35.9 Å². The van der Waals surface area contributed by atoms with Gasteiger partial charge in [-0.3, -0.25) is 9.59 Å². The molecule has 136 valence electrons. The Morgan fingerprint density at radius 3 is 2.64 bits per heavy atom. The summed E-state index contributed by atoms with van der Waals surface area (Å²) in [6.07, 6.45) is 3.92. The third kappa shape index (κ3) is 3.87. The Balaban J connectivity index is 1.53. The first-order chi connectivity index (χ1) is 12.0. The molecule has 5 nitrogen and oxygen atoms in total. The Morgan fingerprint density at radius 1 is 1.28 bits per heavy atom. The van der Waals surface area contributed by atoms with Crippen LogP contribution in [0.15, 0.2) is 30.3 Å². The fourth-order valence-electron chi connectivity index (χ4n) is 4.25. The molecule has 1 saturated carbocycles. The molecule has 1 heterocycles. The highest BCUT2D eigenvalue weighted by atomic mass is 16.5. The number of carboxylic acid groups (broad SMARTS) is 1. The van der Waals surface area contributed by atoms with Crippen molar-refractivity contribution in [2.75, 3.05) is 26.8 Å². The molecule has 0 bridgehead atoms. The van der Waals surface area contributed by atoms with Gasteiger partial charge in [0.2, 0.25) is 5.91 Å². The maximum absolute atomic E-state index is 12.7. The maximum atomic E-state index is 12.7. The van der Waals surface area contributed by atoms with Gasteiger partial charge >= 0.3 is 5.97 Å². The molecule has 1 saturated heterocycles. The molecule has 1 amide bonds. The molecule has 0 aromatic heterocycles. The van der Waals surface area contributed by atoms with Crippen LogP contribution in [0.5, 0.6) is 0 Å². The van der Waals surface area contributed by atoms with E-state index in [1.807, 2.05) is 6.07 Å². The van der Waals surface area contributed by atoms with E-state index < -0.39 is 11.4 Å². The summed E-state index contributed by atoms with van der Waals surface area (Å²) in [5, 5.41) is 9.60. The van der Waals surface area contributed by atoms with Gasteiger partial charge in [0.15, 0.2) is 0 Å². The van der Waals surface area contributed by atoms with Crippen molar-refractivity contribution in [3.63, 3.8) is 0 Å². The molecule has 1 N–H and O–H groups in total. The van der Waals surface area contributed by atoms with Gasteiger partial charge < -0.3 is 14.7 Å². The average Bonchev–Trinajstić information content (AvgIpc) is 2.58. The third-order valence-corrected chi connectivity index (χ3v) is 5.77. The Morgan fingerprint density at radius 2 is 2.00 bits per heavy atom. The second-order valence-electron chi connectivity index (χ2n) is 7.59.